The first-order valence-electron chi connectivity index (χ1n) is 38.7. The standard InChI is InChI=1S/C90H112S8/c1-11-17-23-29-35-60-52-78(94-83(60)66-42-46-70-72-48-44-68(92)58-76(72)90(9,10)74(70)50-66)85-62(37-31-25-19-13-3)54-80(96-85)87-64(39-33-27-21-15-5)56-82(98-87)88-65(40-34-28-22-16-6)55-81(97-88)86-63(38-32-26-20-14-4)53-79(95-86)84-61(36-30-24-18-12-2)51-77(93-84)59-41-45-69-71-47-43-67(91)57-75(71)89(7,8)73(69)49-59/h41-58,71,75,91-92H,11-40H2,1-10H3. The topological polar surface area (TPSA) is 0 Å². The Bertz CT molecular complexity index is 4200. The van der Waals surface area contributed by atoms with Crippen LogP contribution in [0.5, 0.6) is 0 Å². The van der Waals surface area contributed by atoms with Crippen molar-refractivity contribution < 1.29 is 0 Å². The largest absolute Gasteiger partial charge is 0.144 e. The van der Waals surface area contributed by atoms with Crippen LogP contribution in [0, 0.1) is 5.92 Å². The zero-order chi connectivity index (χ0) is 68.5. The summed E-state index contributed by atoms with van der Waals surface area (Å²) in [6.07, 6.45) is 44.5. The highest BCUT2D eigenvalue weighted by atomic mass is 32.1. The quantitative estimate of drug-likeness (QED) is 0.0281. The van der Waals surface area contributed by atoms with E-state index in [2.05, 4.69) is 246 Å². The smallest absolute Gasteiger partial charge is 0.0481 e. The summed E-state index contributed by atoms with van der Waals surface area (Å²) in [6.45, 7) is 23.9. The third-order valence-corrected chi connectivity index (χ3v) is 30.8. The zero-order valence-electron chi connectivity index (χ0n) is 61.1. The molecule has 9 aromatic rings. The molecule has 6 aromatic heterocycles. The third kappa shape index (κ3) is 16.3. The van der Waals surface area contributed by atoms with E-state index >= 15 is 0 Å². The monoisotopic (exact) mass is 1450 g/mol. The molecule has 0 aliphatic heterocycles. The number of rotatable bonds is 37. The lowest BCUT2D eigenvalue weighted by Gasteiger charge is -2.30. The molecule has 6 heterocycles. The van der Waals surface area contributed by atoms with Gasteiger partial charge in [-0.3, -0.25) is 0 Å². The Morgan fingerprint density at radius 3 is 1.08 bits per heavy atom. The van der Waals surface area contributed by atoms with Gasteiger partial charge < -0.3 is 0 Å². The molecule has 3 aromatic carbocycles. The van der Waals surface area contributed by atoms with Crippen molar-refractivity contribution >= 4 is 93.3 Å². The lowest BCUT2D eigenvalue weighted by Crippen LogP contribution is -2.25. The van der Waals surface area contributed by atoms with Crippen molar-refractivity contribution in [2.24, 2.45) is 5.92 Å². The predicted octanol–water partition coefficient (Wildman–Crippen LogP) is 31.4. The van der Waals surface area contributed by atoms with E-state index in [0.717, 1.165) is 48.3 Å². The number of hydrogen-bond donors (Lipinski definition) is 2. The van der Waals surface area contributed by atoms with Crippen LogP contribution >= 0.6 is 93.3 Å². The van der Waals surface area contributed by atoms with Gasteiger partial charge in [-0.2, -0.15) is 0 Å². The van der Waals surface area contributed by atoms with E-state index < -0.39 is 0 Å². The molecule has 12 rings (SSSR count). The summed E-state index contributed by atoms with van der Waals surface area (Å²) in [5, 5.41) is 0. The molecule has 0 nitrogen and oxygen atoms in total. The number of unbranched alkanes of at least 4 members (excludes halogenated alkanes) is 18. The molecule has 3 aliphatic rings. The van der Waals surface area contributed by atoms with Crippen molar-refractivity contribution in [3.63, 3.8) is 0 Å². The number of thiol groups is 2. The highest BCUT2D eigenvalue weighted by molar-refractivity contribution is 7.84. The van der Waals surface area contributed by atoms with Crippen LogP contribution in [0.4, 0.5) is 0 Å². The maximum Gasteiger partial charge on any atom is 0.0481 e. The first-order valence-corrected chi connectivity index (χ1v) is 44.5. The van der Waals surface area contributed by atoms with Gasteiger partial charge in [-0.15, -0.1) is 93.3 Å². The average Bonchev–Trinajstić information content (AvgIpc) is 1.58. The summed E-state index contributed by atoms with van der Waals surface area (Å²) in [6, 6.07) is 37.8. The van der Waals surface area contributed by atoms with E-state index in [9.17, 15) is 0 Å². The molecular formula is C90H112S8. The van der Waals surface area contributed by atoms with Gasteiger partial charge in [-0.05, 0) is 227 Å². The van der Waals surface area contributed by atoms with E-state index in [-0.39, 0.29) is 10.8 Å². The molecule has 0 saturated carbocycles. The van der Waals surface area contributed by atoms with Crippen LogP contribution in [-0.4, -0.2) is 0 Å². The van der Waals surface area contributed by atoms with Gasteiger partial charge in [0.05, 0.1) is 0 Å². The third-order valence-electron chi connectivity index (χ3n) is 22.1. The van der Waals surface area contributed by atoms with E-state index in [1.165, 1.54) is 252 Å². The van der Waals surface area contributed by atoms with Gasteiger partial charge >= 0.3 is 0 Å². The maximum absolute atomic E-state index is 4.84. The first kappa shape index (κ1) is 73.8. The summed E-state index contributed by atoms with van der Waals surface area (Å²) in [5.74, 6) is 0.852. The second kappa shape index (κ2) is 34.1. The molecule has 2 unspecified atom stereocenters. The SMILES string of the molecule is CCCCCCc1cc(-c2sc(-c3sc(-c4sc(-c5sc(-c6sc(-c7ccc8c(c7)C(C)(C)C7C=C(S)C=CC87)cc6CCCCCC)cc5CCCCCC)cc4CCCCCC)cc3CCCCCC)cc2CCCCCC)sc1-c1ccc2c(c1)C(C)(C)c1cc(S)ccc1-2. The molecule has 98 heavy (non-hydrogen) atoms. The van der Waals surface area contributed by atoms with E-state index in [1.807, 2.05) is 0 Å². The fraction of sp³-hybridized carbons (Fsp3) is 0.489. The summed E-state index contributed by atoms with van der Waals surface area (Å²) in [5.41, 5.74) is 20.7. The Morgan fingerprint density at radius 1 is 0.337 bits per heavy atom. The minimum atomic E-state index is -0.0870. The molecule has 0 spiro atoms. The molecule has 0 fully saturated rings. The molecular weight excluding hydrogens is 1340 g/mol. The molecule has 0 saturated heterocycles. The van der Waals surface area contributed by atoms with Crippen LogP contribution in [0.25, 0.3) is 80.8 Å². The molecule has 8 heteroatoms. The second-order valence-electron chi connectivity index (χ2n) is 30.3. The van der Waals surface area contributed by atoms with Crippen LogP contribution in [0.1, 0.15) is 285 Å². The number of allylic oxidation sites excluding steroid dienone is 3. The zero-order valence-corrected chi connectivity index (χ0v) is 67.8. The van der Waals surface area contributed by atoms with Crippen LogP contribution in [0.2, 0.25) is 0 Å². The molecule has 0 N–H and O–H groups in total. The highest BCUT2D eigenvalue weighted by Crippen LogP contribution is 2.58. The van der Waals surface area contributed by atoms with Gasteiger partial charge in [0, 0.05) is 79.7 Å². The highest BCUT2D eigenvalue weighted by Gasteiger charge is 2.45. The number of benzene rings is 3. The Labute approximate surface area is 627 Å². The number of hydrogen-bond acceptors (Lipinski definition) is 8. The van der Waals surface area contributed by atoms with E-state index in [0.29, 0.717) is 11.8 Å². The van der Waals surface area contributed by atoms with E-state index in [1.54, 1.807) is 38.3 Å². The van der Waals surface area contributed by atoms with Gasteiger partial charge in [0.2, 0.25) is 0 Å². The fourth-order valence-corrected chi connectivity index (χ4v) is 24.7. The van der Waals surface area contributed by atoms with Crippen LogP contribution in [0.15, 0.2) is 119 Å². The minimum absolute atomic E-state index is 0.0366. The normalized spacial score (nSPS) is 15.7. The van der Waals surface area contributed by atoms with Crippen LogP contribution in [-0.2, 0) is 49.4 Å². The van der Waals surface area contributed by atoms with Crippen LogP contribution in [0.3, 0.4) is 0 Å². The lowest BCUT2D eigenvalue weighted by molar-refractivity contribution is 0.394. The summed E-state index contributed by atoms with van der Waals surface area (Å²) in [4.78, 5) is 20.2. The van der Waals surface area contributed by atoms with Gasteiger partial charge in [0.15, 0.2) is 0 Å². The molecule has 0 radical (unpaired) electrons. The van der Waals surface area contributed by atoms with Gasteiger partial charge in [0.1, 0.15) is 0 Å². The maximum atomic E-state index is 4.84. The average molecular weight is 1450 g/mol. The molecule has 0 bridgehead atoms. The number of thiophene rings is 6. The number of fused-ring (bicyclic) bond motifs is 6. The van der Waals surface area contributed by atoms with E-state index in [4.69, 9.17) is 25.3 Å². The van der Waals surface area contributed by atoms with Crippen molar-refractivity contribution in [3.8, 4) is 80.8 Å². The Hall–Kier alpha value is -3.96. The van der Waals surface area contributed by atoms with Crippen molar-refractivity contribution in [1.82, 2.24) is 0 Å². The molecule has 520 valence electrons. The Kier molecular flexibility index (Phi) is 25.7. The molecule has 2 atom stereocenters. The lowest BCUT2D eigenvalue weighted by atomic mass is 9.74. The minimum Gasteiger partial charge on any atom is -0.144 e. The van der Waals surface area contributed by atoms with Gasteiger partial charge in [-0.25, -0.2) is 0 Å². The summed E-state index contributed by atoms with van der Waals surface area (Å²) in [7, 11) is 0. The first-order chi connectivity index (χ1) is 47.7. The van der Waals surface area contributed by atoms with Crippen molar-refractivity contribution in [2.75, 3.05) is 0 Å². The number of aryl methyl sites for hydroxylation is 6. The van der Waals surface area contributed by atoms with Crippen molar-refractivity contribution in [1.29, 1.82) is 0 Å². The summed E-state index contributed by atoms with van der Waals surface area (Å²) < 4.78 is 0. The van der Waals surface area contributed by atoms with Gasteiger partial charge in [0.25, 0.3) is 0 Å². The second-order valence-corrected chi connectivity index (χ2v) is 37.6. The molecule has 3 aliphatic carbocycles. The summed E-state index contributed by atoms with van der Waals surface area (Å²) >= 11 is 22.4. The molecule has 0 amide bonds. The predicted molar refractivity (Wildman–Crippen MR) is 449 cm³/mol. The fourth-order valence-electron chi connectivity index (χ4n) is 16.4. The Morgan fingerprint density at radius 2 is 0.673 bits per heavy atom. The van der Waals surface area contributed by atoms with Crippen molar-refractivity contribution in [2.45, 2.75) is 284 Å². The van der Waals surface area contributed by atoms with Crippen LogP contribution < -0.4 is 0 Å². The van der Waals surface area contributed by atoms with Crippen molar-refractivity contribution in [3.05, 3.63) is 170 Å². The van der Waals surface area contributed by atoms with Gasteiger partial charge in [-0.1, -0.05) is 233 Å². The Balaban J connectivity index is 0.946.